The second kappa shape index (κ2) is 4.40. The molecule has 2 rings (SSSR count). The van der Waals surface area contributed by atoms with Gasteiger partial charge < -0.3 is 10.8 Å². The van der Waals surface area contributed by atoms with Gasteiger partial charge in [0.25, 0.3) is 0 Å². The van der Waals surface area contributed by atoms with E-state index in [2.05, 4.69) is 11.8 Å². The summed E-state index contributed by atoms with van der Waals surface area (Å²) in [7, 11) is 0. The van der Waals surface area contributed by atoms with Crippen molar-refractivity contribution in [2.24, 2.45) is 11.7 Å². The van der Waals surface area contributed by atoms with Crippen molar-refractivity contribution in [1.29, 1.82) is 0 Å². The van der Waals surface area contributed by atoms with E-state index in [9.17, 15) is 5.11 Å². The van der Waals surface area contributed by atoms with Gasteiger partial charge in [0, 0.05) is 19.1 Å². The minimum absolute atomic E-state index is 0.421. The quantitative estimate of drug-likeness (QED) is 0.661. The molecule has 0 aliphatic heterocycles. The zero-order valence-corrected chi connectivity index (χ0v) is 9.78. The summed E-state index contributed by atoms with van der Waals surface area (Å²) in [6.07, 6.45) is 6.12. The summed E-state index contributed by atoms with van der Waals surface area (Å²) < 4.78 is 0. The van der Waals surface area contributed by atoms with Gasteiger partial charge in [0.2, 0.25) is 0 Å². The van der Waals surface area contributed by atoms with Crippen LogP contribution in [0, 0.1) is 5.92 Å². The largest absolute Gasteiger partial charge is 0.387 e. The molecule has 0 radical (unpaired) electrons. The highest BCUT2D eigenvalue weighted by atomic mass is 16.3. The first-order valence-electron chi connectivity index (χ1n) is 6.36. The topological polar surface area (TPSA) is 49.5 Å². The van der Waals surface area contributed by atoms with Crippen LogP contribution in [0.25, 0.3) is 0 Å². The van der Waals surface area contributed by atoms with Gasteiger partial charge in [-0.3, -0.25) is 4.90 Å². The number of hydrogen-bond acceptors (Lipinski definition) is 3. The van der Waals surface area contributed by atoms with Crippen LogP contribution in [0.15, 0.2) is 0 Å². The number of rotatable bonds is 7. The SMILES string of the molecule is CCCN(CC(O)(CN)C1CC1)C1CC1. The Morgan fingerprint density at radius 1 is 1.33 bits per heavy atom. The first-order chi connectivity index (χ1) is 7.19. The van der Waals surface area contributed by atoms with Gasteiger partial charge in [-0.1, -0.05) is 6.92 Å². The van der Waals surface area contributed by atoms with Crippen LogP contribution < -0.4 is 5.73 Å². The molecule has 2 aliphatic carbocycles. The van der Waals surface area contributed by atoms with E-state index in [1.54, 1.807) is 0 Å². The fourth-order valence-corrected chi connectivity index (χ4v) is 2.45. The number of nitrogens with zero attached hydrogens (tertiary/aromatic N) is 1. The molecule has 3 nitrogen and oxygen atoms in total. The summed E-state index contributed by atoms with van der Waals surface area (Å²) in [6, 6.07) is 0.738. The Bertz CT molecular complexity index is 214. The first-order valence-corrected chi connectivity index (χ1v) is 6.36. The summed E-state index contributed by atoms with van der Waals surface area (Å²) in [4.78, 5) is 2.45. The maximum absolute atomic E-state index is 10.5. The monoisotopic (exact) mass is 212 g/mol. The lowest BCUT2D eigenvalue weighted by molar-refractivity contribution is -0.0105. The predicted octanol–water partition coefficient (Wildman–Crippen LogP) is 0.961. The third-order valence-electron chi connectivity index (χ3n) is 3.74. The molecule has 1 unspecified atom stereocenters. The van der Waals surface area contributed by atoms with Gasteiger partial charge in [-0.05, 0) is 44.6 Å². The lowest BCUT2D eigenvalue weighted by atomic mass is 9.97. The van der Waals surface area contributed by atoms with Crippen LogP contribution in [0.2, 0.25) is 0 Å². The van der Waals surface area contributed by atoms with Gasteiger partial charge in [-0.15, -0.1) is 0 Å². The molecule has 0 aromatic heterocycles. The summed E-state index contributed by atoms with van der Waals surface area (Å²) in [5, 5.41) is 10.5. The van der Waals surface area contributed by atoms with Gasteiger partial charge in [0.1, 0.15) is 0 Å². The maximum Gasteiger partial charge on any atom is 0.0923 e. The molecule has 0 aromatic rings. The van der Waals surface area contributed by atoms with E-state index in [1.165, 1.54) is 32.1 Å². The molecule has 0 heterocycles. The van der Waals surface area contributed by atoms with Crippen molar-refractivity contribution in [2.75, 3.05) is 19.6 Å². The number of aliphatic hydroxyl groups is 1. The highest BCUT2D eigenvalue weighted by Gasteiger charge is 2.45. The van der Waals surface area contributed by atoms with E-state index in [4.69, 9.17) is 5.73 Å². The highest BCUT2D eigenvalue weighted by Crippen LogP contribution is 2.41. The third kappa shape index (κ3) is 2.71. The molecule has 0 amide bonds. The number of hydrogen-bond donors (Lipinski definition) is 2. The highest BCUT2D eigenvalue weighted by molar-refractivity contribution is 4.99. The molecule has 88 valence electrons. The Hall–Kier alpha value is -0.120. The normalized spacial score (nSPS) is 25.6. The molecule has 15 heavy (non-hydrogen) atoms. The molecule has 3 heteroatoms. The van der Waals surface area contributed by atoms with Crippen LogP contribution in [0.1, 0.15) is 39.0 Å². The predicted molar refractivity (Wildman–Crippen MR) is 61.6 cm³/mol. The van der Waals surface area contributed by atoms with Crippen LogP contribution in [-0.4, -0.2) is 41.3 Å². The van der Waals surface area contributed by atoms with Crippen LogP contribution >= 0.6 is 0 Å². The summed E-state index contributed by atoms with van der Waals surface area (Å²) >= 11 is 0. The summed E-state index contributed by atoms with van der Waals surface area (Å²) in [5.74, 6) is 0.473. The molecule has 1 atom stereocenters. The van der Waals surface area contributed by atoms with Crippen molar-refractivity contribution >= 4 is 0 Å². The van der Waals surface area contributed by atoms with E-state index in [1.807, 2.05) is 0 Å². The third-order valence-corrected chi connectivity index (χ3v) is 3.74. The minimum Gasteiger partial charge on any atom is -0.387 e. The van der Waals surface area contributed by atoms with E-state index in [0.29, 0.717) is 12.5 Å². The Morgan fingerprint density at radius 3 is 2.40 bits per heavy atom. The fourth-order valence-electron chi connectivity index (χ4n) is 2.45. The average molecular weight is 212 g/mol. The Balaban J connectivity index is 1.90. The van der Waals surface area contributed by atoms with Gasteiger partial charge >= 0.3 is 0 Å². The standard InChI is InChI=1S/C12H24N2O/c1-2-7-14(11-5-6-11)9-12(15,8-13)10-3-4-10/h10-11,15H,2-9,13H2,1H3. The lowest BCUT2D eigenvalue weighted by Crippen LogP contribution is -2.50. The molecule has 0 bridgehead atoms. The van der Waals surface area contributed by atoms with Crippen molar-refractivity contribution in [3.63, 3.8) is 0 Å². The molecule has 2 aliphatic rings. The van der Waals surface area contributed by atoms with Gasteiger partial charge in [0.05, 0.1) is 5.60 Å². The molecule has 2 saturated carbocycles. The molecule has 3 N–H and O–H groups in total. The van der Waals surface area contributed by atoms with Crippen molar-refractivity contribution < 1.29 is 5.11 Å². The van der Waals surface area contributed by atoms with E-state index in [0.717, 1.165) is 19.1 Å². The van der Waals surface area contributed by atoms with Crippen LogP contribution in [0.3, 0.4) is 0 Å². The van der Waals surface area contributed by atoms with Gasteiger partial charge in [-0.25, -0.2) is 0 Å². The fraction of sp³-hybridized carbons (Fsp3) is 1.00. The minimum atomic E-state index is -0.599. The Labute approximate surface area is 92.6 Å². The first kappa shape index (κ1) is 11.4. The van der Waals surface area contributed by atoms with E-state index < -0.39 is 5.60 Å². The number of nitrogens with two attached hydrogens (primary N) is 1. The zero-order chi connectivity index (χ0) is 10.9. The van der Waals surface area contributed by atoms with E-state index >= 15 is 0 Å². The smallest absolute Gasteiger partial charge is 0.0923 e. The Kier molecular flexibility index (Phi) is 3.33. The van der Waals surface area contributed by atoms with Crippen molar-refractivity contribution in [3.8, 4) is 0 Å². The molecular formula is C12H24N2O. The van der Waals surface area contributed by atoms with Gasteiger partial charge in [0.15, 0.2) is 0 Å². The molecule has 0 spiro atoms. The summed E-state index contributed by atoms with van der Waals surface area (Å²) in [6.45, 7) is 4.53. The molecular weight excluding hydrogens is 188 g/mol. The van der Waals surface area contributed by atoms with Crippen LogP contribution in [0.4, 0.5) is 0 Å². The molecule has 0 aromatic carbocycles. The summed E-state index contributed by atoms with van der Waals surface area (Å²) in [5.41, 5.74) is 5.14. The second-order valence-electron chi connectivity index (χ2n) is 5.28. The molecule has 0 saturated heterocycles. The van der Waals surface area contributed by atoms with Crippen molar-refractivity contribution in [1.82, 2.24) is 4.90 Å². The van der Waals surface area contributed by atoms with Crippen molar-refractivity contribution in [2.45, 2.75) is 50.7 Å². The molecule has 2 fully saturated rings. The maximum atomic E-state index is 10.5. The Morgan fingerprint density at radius 2 is 2.00 bits per heavy atom. The lowest BCUT2D eigenvalue weighted by Gasteiger charge is -2.33. The van der Waals surface area contributed by atoms with Gasteiger partial charge in [-0.2, -0.15) is 0 Å². The zero-order valence-electron chi connectivity index (χ0n) is 9.78. The second-order valence-corrected chi connectivity index (χ2v) is 5.28. The van der Waals surface area contributed by atoms with Crippen LogP contribution in [0.5, 0.6) is 0 Å². The van der Waals surface area contributed by atoms with Crippen LogP contribution in [-0.2, 0) is 0 Å². The van der Waals surface area contributed by atoms with E-state index in [-0.39, 0.29) is 0 Å². The van der Waals surface area contributed by atoms with Crippen molar-refractivity contribution in [3.05, 3.63) is 0 Å². The average Bonchev–Trinajstić information content (AvgIpc) is 3.07.